The van der Waals surface area contributed by atoms with Gasteiger partial charge >= 0.3 is 0 Å². The van der Waals surface area contributed by atoms with Crippen molar-refractivity contribution in [3.8, 4) is 0 Å². The van der Waals surface area contributed by atoms with Gasteiger partial charge in [-0.3, -0.25) is 14.4 Å². The van der Waals surface area contributed by atoms with Gasteiger partial charge in [0.05, 0.1) is 0 Å². The number of carbonyl (C=O) groups is 3. The fourth-order valence-electron chi connectivity index (χ4n) is 2.00. The molecule has 0 aliphatic rings. The molecule has 4 nitrogen and oxygen atoms in total. The van der Waals surface area contributed by atoms with Crippen LogP contribution in [0.5, 0.6) is 0 Å². The number of carbonyl (C=O) groups excluding carboxylic acids is 3. The second-order valence-corrected chi connectivity index (χ2v) is 5.70. The summed E-state index contributed by atoms with van der Waals surface area (Å²) in [5.74, 6) is -2.32. The highest BCUT2D eigenvalue weighted by Crippen LogP contribution is 2.22. The largest absolute Gasteiger partial charge is 0.398 e. The summed E-state index contributed by atoms with van der Waals surface area (Å²) in [5.41, 5.74) is 11.6. The SMILES string of the molecule is CC(=O)C(=O)C(C)=O.Cc1ccc(C=Cc2ccccc2)c(N)c1C. The van der Waals surface area contributed by atoms with Gasteiger partial charge in [0.25, 0.3) is 5.78 Å². The Labute approximate surface area is 148 Å². The second-order valence-electron chi connectivity index (χ2n) is 5.70. The topological polar surface area (TPSA) is 77.2 Å². The molecular weight excluding hydrogens is 314 g/mol. The minimum absolute atomic E-state index is 0.697. The van der Waals surface area contributed by atoms with E-state index in [-0.39, 0.29) is 0 Å². The minimum atomic E-state index is -0.926. The first-order chi connectivity index (χ1) is 11.7. The molecule has 0 unspecified atom stereocenters. The van der Waals surface area contributed by atoms with Crippen LogP contribution in [-0.2, 0) is 14.4 Å². The molecule has 25 heavy (non-hydrogen) atoms. The molecule has 4 heteroatoms. The van der Waals surface area contributed by atoms with E-state index in [0.717, 1.165) is 25.1 Å². The number of nitrogen functional groups attached to an aromatic ring is 1. The summed E-state index contributed by atoms with van der Waals surface area (Å²) in [5, 5.41) is 0. The number of rotatable bonds is 4. The lowest BCUT2D eigenvalue weighted by Crippen LogP contribution is -2.17. The van der Waals surface area contributed by atoms with Crippen molar-refractivity contribution < 1.29 is 14.4 Å². The molecule has 0 aliphatic carbocycles. The normalized spacial score (nSPS) is 10.1. The Morgan fingerprint density at radius 3 is 1.88 bits per heavy atom. The monoisotopic (exact) mass is 337 g/mol. The molecule has 2 aromatic carbocycles. The third kappa shape index (κ3) is 6.18. The first-order valence-electron chi connectivity index (χ1n) is 7.88. The number of Topliss-reactive ketones (excluding diaryl/α,β-unsaturated/α-hetero) is 3. The maximum atomic E-state index is 10.1. The molecule has 0 aromatic heterocycles. The quantitative estimate of drug-likeness (QED) is 0.398. The molecule has 2 N–H and O–H groups in total. The summed E-state index contributed by atoms with van der Waals surface area (Å²) in [6.45, 7) is 6.29. The summed E-state index contributed by atoms with van der Waals surface area (Å²) in [6.07, 6.45) is 4.15. The van der Waals surface area contributed by atoms with E-state index < -0.39 is 17.3 Å². The van der Waals surface area contributed by atoms with Gasteiger partial charge in [-0.15, -0.1) is 0 Å². The van der Waals surface area contributed by atoms with Gasteiger partial charge in [-0.1, -0.05) is 54.6 Å². The highest BCUT2D eigenvalue weighted by atomic mass is 16.2. The van der Waals surface area contributed by atoms with Gasteiger partial charge < -0.3 is 5.73 Å². The van der Waals surface area contributed by atoms with E-state index in [2.05, 4.69) is 50.3 Å². The molecule has 0 spiro atoms. The van der Waals surface area contributed by atoms with Crippen molar-refractivity contribution >= 4 is 35.2 Å². The number of aryl methyl sites for hydroxylation is 1. The molecule has 0 radical (unpaired) electrons. The number of benzene rings is 2. The van der Waals surface area contributed by atoms with Crippen LogP contribution in [0.25, 0.3) is 12.2 Å². The summed E-state index contributed by atoms with van der Waals surface area (Å²) in [4.78, 5) is 30.2. The molecule has 2 rings (SSSR count). The third-order valence-electron chi connectivity index (χ3n) is 3.71. The minimum Gasteiger partial charge on any atom is -0.398 e. The van der Waals surface area contributed by atoms with E-state index >= 15 is 0 Å². The Kier molecular flexibility index (Phi) is 7.47. The van der Waals surface area contributed by atoms with Gasteiger partial charge in [-0.05, 0) is 36.1 Å². The predicted octanol–water partition coefficient (Wildman–Crippen LogP) is 3.79. The first-order valence-corrected chi connectivity index (χ1v) is 7.88. The van der Waals surface area contributed by atoms with Crippen molar-refractivity contribution in [1.82, 2.24) is 0 Å². The maximum Gasteiger partial charge on any atom is 0.263 e. The van der Waals surface area contributed by atoms with Crippen LogP contribution in [-0.4, -0.2) is 17.3 Å². The summed E-state index contributed by atoms with van der Waals surface area (Å²) in [7, 11) is 0. The molecular formula is C21H23NO3. The zero-order valence-electron chi connectivity index (χ0n) is 15.0. The van der Waals surface area contributed by atoms with Crippen LogP contribution >= 0.6 is 0 Å². The van der Waals surface area contributed by atoms with Crippen LogP contribution in [0.1, 0.15) is 36.1 Å². The zero-order chi connectivity index (χ0) is 19.0. The van der Waals surface area contributed by atoms with Crippen molar-refractivity contribution in [2.24, 2.45) is 0 Å². The van der Waals surface area contributed by atoms with E-state index in [0.29, 0.717) is 0 Å². The number of hydrogen-bond acceptors (Lipinski definition) is 4. The van der Waals surface area contributed by atoms with Crippen molar-refractivity contribution in [3.63, 3.8) is 0 Å². The molecule has 0 amide bonds. The highest BCUT2D eigenvalue weighted by molar-refractivity contribution is 6.62. The lowest BCUT2D eigenvalue weighted by molar-refractivity contribution is -0.142. The van der Waals surface area contributed by atoms with Gasteiger partial charge in [-0.25, -0.2) is 0 Å². The molecule has 0 saturated heterocycles. The van der Waals surface area contributed by atoms with Crippen LogP contribution in [0, 0.1) is 13.8 Å². The van der Waals surface area contributed by atoms with Crippen LogP contribution in [0.3, 0.4) is 0 Å². The smallest absolute Gasteiger partial charge is 0.263 e. The first kappa shape index (κ1) is 20.0. The molecule has 130 valence electrons. The number of hydrogen-bond donors (Lipinski definition) is 1. The predicted molar refractivity (Wildman–Crippen MR) is 102 cm³/mol. The van der Waals surface area contributed by atoms with E-state index in [9.17, 15) is 14.4 Å². The fourth-order valence-corrected chi connectivity index (χ4v) is 2.00. The standard InChI is InChI=1S/C16H17N.C5H6O3/c1-12-8-10-15(16(17)13(12)2)11-9-14-6-4-3-5-7-14;1-3(6)5(8)4(2)7/h3-11H,17H2,1-2H3;1-2H3. The Bertz CT molecular complexity index is 789. The number of anilines is 1. The highest BCUT2D eigenvalue weighted by Gasteiger charge is 2.11. The van der Waals surface area contributed by atoms with E-state index in [1.807, 2.05) is 18.2 Å². The van der Waals surface area contributed by atoms with Gasteiger partial charge in [-0.2, -0.15) is 0 Å². The van der Waals surface area contributed by atoms with Crippen LogP contribution in [0.15, 0.2) is 42.5 Å². The van der Waals surface area contributed by atoms with E-state index in [1.165, 1.54) is 16.7 Å². The van der Waals surface area contributed by atoms with Gasteiger partial charge in [0, 0.05) is 19.5 Å². The van der Waals surface area contributed by atoms with Crippen molar-refractivity contribution in [1.29, 1.82) is 0 Å². The third-order valence-corrected chi connectivity index (χ3v) is 3.71. The summed E-state index contributed by atoms with van der Waals surface area (Å²) in [6, 6.07) is 14.4. The van der Waals surface area contributed by atoms with Gasteiger partial charge in [0.15, 0.2) is 0 Å². The second kappa shape index (κ2) is 9.33. The molecule has 0 fully saturated rings. The average Bonchev–Trinajstić information content (AvgIpc) is 2.59. The molecule has 0 saturated carbocycles. The Morgan fingerprint density at radius 1 is 0.840 bits per heavy atom. The number of ketones is 3. The van der Waals surface area contributed by atoms with Crippen LogP contribution in [0.4, 0.5) is 5.69 Å². The van der Waals surface area contributed by atoms with Crippen molar-refractivity contribution in [3.05, 3.63) is 64.7 Å². The van der Waals surface area contributed by atoms with Crippen molar-refractivity contribution in [2.75, 3.05) is 5.73 Å². The Balaban J connectivity index is 0.000000333. The van der Waals surface area contributed by atoms with Gasteiger partial charge in [0.1, 0.15) is 0 Å². The number of nitrogens with two attached hydrogens (primary N) is 1. The molecule has 0 heterocycles. The Hall–Kier alpha value is -3.01. The fraction of sp³-hybridized carbons (Fsp3) is 0.190. The van der Waals surface area contributed by atoms with Crippen molar-refractivity contribution in [2.45, 2.75) is 27.7 Å². The van der Waals surface area contributed by atoms with Crippen LogP contribution < -0.4 is 5.73 Å². The molecule has 0 aliphatic heterocycles. The van der Waals surface area contributed by atoms with Crippen LogP contribution in [0.2, 0.25) is 0 Å². The van der Waals surface area contributed by atoms with E-state index in [1.54, 1.807) is 0 Å². The van der Waals surface area contributed by atoms with E-state index in [4.69, 9.17) is 5.73 Å². The summed E-state index contributed by atoms with van der Waals surface area (Å²) >= 11 is 0. The van der Waals surface area contributed by atoms with Gasteiger partial charge in [0.2, 0.25) is 11.6 Å². The molecule has 0 atom stereocenters. The molecule has 2 aromatic rings. The maximum absolute atomic E-state index is 10.1. The summed E-state index contributed by atoms with van der Waals surface area (Å²) < 4.78 is 0. The lowest BCUT2D eigenvalue weighted by Gasteiger charge is -2.07. The lowest BCUT2D eigenvalue weighted by atomic mass is 10.0. The molecule has 0 bridgehead atoms. The zero-order valence-corrected chi connectivity index (χ0v) is 15.0. The Morgan fingerprint density at radius 2 is 1.40 bits per heavy atom. The average molecular weight is 337 g/mol.